The molecule has 2 aromatic rings. The molecule has 23 heavy (non-hydrogen) atoms. The summed E-state index contributed by atoms with van der Waals surface area (Å²) in [4.78, 5) is 4.19. The van der Waals surface area contributed by atoms with E-state index < -0.39 is 17.8 Å². The highest BCUT2D eigenvalue weighted by atomic mass is 19.1. The zero-order valence-corrected chi connectivity index (χ0v) is 13.0. The molecule has 3 nitrogen and oxygen atoms in total. The van der Waals surface area contributed by atoms with Crippen LogP contribution in [0.15, 0.2) is 42.5 Å². The van der Waals surface area contributed by atoms with Crippen molar-refractivity contribution in [2.75, 3.05) is 0 Å². The van der Waals surface area contributed by atoms with Crippen molar-refractivity contribution in [1.82, 2.24) is 14.8 Å². The third-order valence-electron chi connectivity index (χ3n) is 5.01. The van der Waals surface area contributed by atoms with Crippen LogP contribution in [0.3, 0.4) is 0 Å². The molecule has 2 heterocycles. The number of hydrogen-bond donors (Lipinski definition) is 0. The third kappa shape index (κ3) is 2.21. The highest BCUT2D eigenvalue weighted by Crippen LogP contribution is 2.54. The predicted molar refractivity (Wildman–Crippen MR) is 83.4 cm³/mol. The van der Waals surface area contributed by atoms with Crippen LogP contribution in [0.5, 0.6) is 0 Å². The molecule has 0 unspecified atom stereocenters. The average molecular weight is 315 g/mol. The van der Waals surface area contributed by atoms with Gasteiger partial charge in [-0.1, -0.05) is 49.4 Å². The van der Waals surface area contributed by atoms with Crippen LogP contribution in [0.25, 0.3) is 0 Å². The lowest BCUT2D eigenvalue weighted by Gasteiger charge is -2.41. The number of benzene rings is 1. The maximum Gasteiger partial charge on any atom is 0.185 e. The lowest BCUT2D eigenvalue weighted by molar-refractivity contribution is 0.0742. The van der Waals surface area contributed by atoms with Gasteiger partial charge in [-0.15, -0.1) is 0 Å². The Bertz CT molecular complexity index is 745. The van der Waals surface area contributed by atoms with Gasteiger partial charge in [-0.05, 0) is 18.4 Å². The minimum atomic E-state index is -1.28. The Hall–Kier alpha value is -2.04. The van der Waals surface area contributed by atoms with Gasteiger partial charge in [0.25, 0.3) is 0 Å². The van der Waals surface area contributed by atoms with Crippen molar-refractivity contribution < 1.29 is 8.78 Å². The molecule has 0 spiro atoms. The van der Waals surface area contributed by atoms with E-state index >= 15 is 0 Å². The average Bonchev–Trinajstić information content (AvgIpc) is 3.07. The summed E-state index contributed by atoms with van der Waals surface area (Å²) in [6.45, 7) is 5.75. The normalized spacial score (nSPS) is 26.7. The van der Waals surface area contributed by atoms with Crippen molar-refractivity contribution in [1.29, 1.82) is 0 Å². The molecule has 0 radical (unpaired) electrons. The minimum Gasteiger partial charge on any atom is -0.239 e. The Labute approximate surface area is 134 Å². The summed E-state index contributed by atoms with van der Waals surface area (Å²) in [5.41, 5.74) is 1.52. The minimum absolute atomic E-state index is 0.110. The van der Waals surface area contributed by atoms with Crippen LogP contribution in [0.4, 0.5) is 8.78 Å². The molecule has 1 aromatic heterocycles. The fraction of sp³-hybridized carbons (Fsp3) is 0.444. The topological polar surface area (TPSA) is 30.7 Å². The van der Waals surface area contributed by atoms with E-state index in [2.05, 4.69) is 16.7 Å². The van der Waals surface area contributed by atoms with Crippen LogP contribution in [-0.2, 0) is 0 Å². The second-order valence-corrected chi connectivity index (χ2v) is 7.02. The first-order valence-corrected chi connectivity index (χ1v) is 7.94. The Morgan fingerprint density at radius 1 is 1.30 bits per heavy atom. The Morgan fingerprint density at radius 2 is 2.00 bits per heavy atom. The smallest absolute Gasteiger partial charge is 0.185 e. The van der Waals surface area contributed by atoms with Gasteiger partial charge in [0.2, 0.25) is 0 Å². The fourth-order valence-electron chi connectivity index (χ4n) is 3.84. The molecule has 0 amide bonds. The summed E-state index contributed by atoms with van der Waals surface area (Å²) < 4.78 is 30.7. The summed E-state index contributed by atoms with van der Waals surface area (Å²) in [7, 11) is 0. The van der Waals surface area contributed by atoms with Gasteiger partial charge in [0, 0.05) is 11.8 Å². The molecule has 1 saturated carbocycles. The molecule has 3 atom stereocenters. The Kier molecular flexibility index (Phi) is 3.15. The first kappa shape index (κ1) is 14.5. The number of rotatable bonds is 3. The SMILES string of the molecule is C=C1CC(C)([C@H](F)c2nc3n(n2)[C@H](c2ccccc2)C[C@@H]3F)C1. The molecular formula is C18H19F2N3. The van der Waals surface area contributed by atoms with Gasteiger partial charge in [0.15, 0.2) is 24.0 Å². The van der Waals surface area contributed by atoms with Crippen LogP contribution >= 0.6 is 0 Å². The highest BCUT2D eigenvalue weighted by molar-refractivity contribution is 5.25. The predicted octanol–water partition coefficient (Wildman–Crippen LogP) is 4.65. The largest absolute Gasteiger partial charge is 0.239 e. The van der Waals surface area contributed by atoms with Crippen LogP contribution in [0, 0.1) is 5.41 Å². The summed E-state index contributed by atoms with van der Waals surface area (Å²) in [5.74, 6) is 0.358. The second-order valence-electron chi connectivity index (χ2n) is 7.02. The van der Waals surface area contributed by atoms with E-state index in [1.54, 1.807) is 4.68 Å². The van der Waals surface area contributed by atoms with Crippen molar-refractivity contribution in [3.8, 4) is 0 Å². The summed E-state index contributed by atoms with van der Waals surface area (Å²) in [6.07, 6.45) is -0.893. The van der Waals surface area contributed by atoms with Crippen molar-refractivity contribution in [3.05, 3.63) is 59.7 Å². The molecule has 0 bridgehead atoms. The molecule has 4 rings (SSSR count). The standard InChI is InChI=1S/C18H19F2N3/c1-11-9-18(2,10-11)15(20)16-21-17-13(19)8-14(23(17)22-16)12-6-4-3-5-7-12/h3-7,13-15H,1,8-10H2,2H3/t13-,14-,15+/m0/s1. The molecule has 1 aliphatic heterocycles. The maximum absolute atomic E-state index is 14.8. The van der Waals surface area contributed by atoms with Gasteiger partial charge in [-0.3, -0.25) is 0 Å². The number of nitrogens with zero attached hydrogens (tertiary/aromatic N) is 3. The van der Waals surface area contributed by atoms with E-state index in [0.717, 1.165) is 11.1 Å². The number of aromatic nitrogens is 3. The van der Waals surface area contributed by atoms with Gasteiger partial charge in [0.05, 0.1) is 6.04 Å². The quantitative estimate of drug-likeness (QED) is 0.772. The number of fused-ring (bicyclic) bond motifs is 1. The highest BCUT2D eigenvalue weighted by Gasteiger charge is 2.46. The van der Waals surface area contributed by atoms with Crippen LogP contribution in [0.1, 0.15) is 61.8 Å². The molecule has 1 fully saturated rings. The molecule has 120 valence electrons. The van der Waals surface area contributed by atoms with Crippen molar-refractivity contribution in [3.63, 3.8) is 0 Å². The summed E-state index contributed by atoms with van der Waals surface area (Å²) >= 11 is 0. The molecule has 0 N–H and O–H groups in total. The monoisotopic (exact) mass is 315 g/mol. The molecule has 5 heteroatoms. The van der Waals surface area contributed by atoms with Crippen molar-refractivity contribution >= 4 is 0 Å². The first-order chi connectivity index (χ1) is 11.0. The number of alkyl halides is 2. The Balaban J connectivity index is 1.67. The molecule has 2 aliphatic rings. The fourth-order valence-corrected chi connectivity index (χ4v) is 3.84. The van der Waals surface area contributed by atoms with E-state index in [0.29, 0.717) is 19.3 Å². The Morgan fingerprint density at radius 3 is 2.65 bits per heavy atom. The van der Waals surface area contributed by atoms with Gasteiger partial charge in [-0.25, -0.2) is 18.4 Å². The van der Waals surface area contributed by atoms with Crippen LogP contribution in [-0.4, -0.2) is 14.8 Å². The van der Waals surface area contributed by atoms with E-state index in [4.69, 9.17) is 0 Å². The second kappa shape index (κ2) is 4.98. The lowest BCUT2D eigenvalue weighted by Crippen LogP contribution is -2.33. The van der Waals surface area contributed by atoms with E-state index in [9.17, 15) is 8.78 Å². The molecule has 1 aliphatic carbocycles. The van der Waals surface area contributed by atoms with Gasteiger partial charge in [-0.2, -0.15) is 5.10 Å². The first-order valence-electron chi connectivity index (χ1n) is 7.94. The van der Waals surface area contributed by atoms with E-state index in [1.165, 1.54) is 0 Å². The molecular weight excluding hydrogens is 296 g/mol. The molecule has 1 aromatic carbocycles. The summed E-state index contributed by atoms with van der Waals surface area (Å²) in [5, 5.41) is 4.33. The van der Waals surface area contributed by atoms with Gasteiger partial charge >= 0.3 is 0 Å². The zero-order valence-electron chi connectivity index (χ0n) is 13.0. The summed E-state index contributed by atoms with van der Waals surface area (Å²) in [6, 6.07) is 9.42. The third-order valence-corrected chi connectivity index (χ3v) is 5.01. The number of halogens is 2. The van der Waals surface area contributed by atoms with Crippen molar-refractivity contribution in [2.24, 2.45) is 5.41 Å². The number of allylic oxidation sites excluding steroid dienone is 1. The van der Waals surface area contributed by atoms with E-state index in [-0.39, 0.29) is 17.7 Å². The van der Waals surface area contributed by atoms with Crippen molar-refractivity contribution in [2.45, 2.75) is 44.6 Å². The van der Waals surface area contributed by atoms with Gasteiger partial charge in [0.1, 0.15) is 0 Å². The zero-order chi connectivity index (χ0) is 16.2. The van der Waals surface area contributed by atoms with E-state index in [1.807, 2.05) is 37.3 Å². The lowest BCUT2D eigenvalue weighted by atomic mass is 9.64. The molecule has 0 saturated heterocycles. The van der Waals surface area contributed by atoms with Crippen LogP contribution < -0.4 is 0 Å². The maximum atomic E-state index is 14.8. The van der Waals surface area contributed by atoms with Gasteiger partial charge < -0.3 is 0 Å². The van der Waals surface area contributed by atoms with Crippen LogP contribution in [0.2, 0.25) is 0 Å². The number of hydrogen-bond acceptors (Lipinski definition) is 2.